The molecular formula is C31H37N3OS. The van der Waals surface area contributed by atoms with Gasteiger partial charge >= 0.3 is 0 Å². The Morgan fingerprint density at radius 1 is 1.14 bits per heavy atom. The third-order valence-electron chi connectivity index (χ3n) is 8.18. The number of ether oxygens (including phenoxy) is 1. The number of allylic oxidation sites excluding steroid dienone is 1. The first-order valence-corrected chi connectivity index (χ1v) is 14.9. The second-order valence-corrected chi connectivity index (χ2v) is 11.4. The van der Waals surface area contributed by atoms with E-state index in [1.807, 2.05) is 11.8 Å². The molecule has 3 heterocycles. The molecule has 3 aromatic rings. The highest BCUT2D eigenvalue weighted by atomic mass is 32.2. The van der Waals surface area contributed by atoms with Gasteiger partial charge in [0.25, 0.3) is 0 Å². The van der Waals surface area contributed by atoms with E-state index in [-0.39, 0.29) is 5.72 Å². The van der Waals surface area contributed by atoms with Gasteiger partial charge in [0.05, 0.1) is 11.2 Å². The fraction of sp³-hybridized carbons (Fsp3) is 0.452. The number of nitrogens with one attached hydrogen (secondary N) is 1. The van der Waals surface area contributed by atoms with Crippen molar-refractivity contribution < 1.29 is 4.74 Å². The number of pyridine rings is 1. The Morgan fingerprint density at radius 2 is 1.97 bits per heavy atom. The molecule has 0 amide bonds. The lowest BCUT2D eigenvalue weighted by atomic mass is 9.78. The van der Waals surface area contributed by atoms with Crippen molar-refractivity contribution in [3.63, 3.8) is 0 Å². The van der Waals surface area contributed by atoms with Crippen LogP contribution in [0.4, 0.5) is 0 Å². The Labute approximate surface area is 219 Å². The van der Waals surface area contributed by atoms with Crippen LogP contribution < -0.4 is 10.1 Å². The second kappa shape index (κ2) is 10.1. The fourth-order valence-electron chi connectivity index (χ4n) is 5.91. The molecule has 0 radical (unpaired) electrons. The van der Waals surface area contributed by atoms with E-state index in [4.69, 9.17) is 9.72 Å². The fourth-order valence-corrected chi connectivity index (χ4v) is 6.48. The molecule has 0 atom stereocenters. The van der Waals surface area contributed by atoms with E-state index in [1.54, 1.807) is 0 Å². The minimum absolute atomic E-state index is 0.315. The van der Waals surface area contributed by atoms with Gasteiger partial charge in [0, 0.05) is 54.0 Å². The van der Waals surface area contributed by atoms with E-state index < -0.39 is 0 Å². The largest absolute Gasteiger partial charge is 0.467 e. The molecule has 2 aromatic carbocycles. The summed E-state index contributed by atoms with van der Waals surface area (Å²) < 4.78 is 6.63. The van der Waals surface area contributed by atoms with Crippen LogP contribution in [-0.4, -0.2) is 35.0 Å². The lowest BCUT2D eigenvalue weighted by molar-refractivity contribution is -0.0209. The zero-order valence-electron chi connectivity index (χ0n) is 21.6. The Kier molecular flexibility index (Phi) is 6.70. The number of piperidine rings is 1. The first-order chi connectivity index (χ1) is 17.7. The normalized spacial score (nSPS) is 20.7. The van der Waals surface area contributed by atoms with E-state index in [2.05, 4.69) is 78.0 Å². The Balaban J connectivity index is 1.22. The van der Waals surface area contributed by atoms with E-state index >= 15 is 0 Å². The average molecular weight is 500 g/mol. The third kappa shape index (κ3) is 4.52. The molecule has 0 bridgehead atoms. The van der Waals surface area contributed by atoms with E-state index in [0.717, 1.165) is 51.1 Å². The molecule has 3 aliphatic rings. The number of likely N-dealkylation sites (tertiary alicyclic amines) is 1. The summed E-state index contributed by atoms with van der Waals surface area (Å²) in [6.45, 7) is 5.14. The summed E-state index contributed by atoms with van der Waals surface area (Å²) >= 11 is 1.81. The summed E-state index contributed by atoms with van der Waals surface area (Å²) in [4.78, 5) is 9.05. The maximum atomic E-state index is 6.63. The number of aromatic nitrogens is 1. The summed E-state index contributed by atoms with van der Waals surface area (Å²) in [5.41, 5.74) is 6.03. The van der Waals surface area contributed by atoms with Gasteiger partial charge in [-0.3, -0.25) is 9.88 Å². The van der Waals surface area contributed by atoms with Crippen LogP contribution in [0.25, 0.3) is 16.6 Å². The smallest absolute Gasteiger partial charge is 0.183 e. The zero-order chi connectivity index (χ0) is 24.5. The van der Waals surface area contributed by atoms with Gasteiger partial charge in [-0.25, -0.2) is 0 Å². The molecular weight excluding hydrogens is 462 g/mol. The summed E-state index contributed by atoms with van der Waals surface area (Å²) in [7, 11) is 0. The van der Waals surface area contributed by atoms with Gasteiger partial charge in [0.2, 0.25) is 0 Å². The van der Waals surface area contributed by atoms with Crippen LogP contribution in [0.3, 0.4) is 0 Å². The first-order valence-electron chi connectivity index (χ1n) is 13.6. The van der Waals surface area contributed by atoms with Crippen LogP contribution in [0.15, 0.2) is 59.5 Å². The van der Waals surface area contributed by atoms with Crippen LogP contribution in [0.2, 0.25) is 0 Å². The maximum Gasteiger partial charge on any atom is 0.183 e. The topological polar surface area (TPSA) is 37.4 Å². The molecule has 4 nitrogen and oxygen atoms in total. The van der Waals surface area contributed by atoms with Crippen molar-refractivity contribution in [1.82, 2.24) is 15.2 Å². The molecule has 1 spiro atoms. The number of thioether (sulfide) groups is 1. The molecule has 36 heavy (non-hydrogen) atoms. The molecule has 0 unspecified atom stereocenters. The summed E-state index contributed by atoms with van der Waals surface area (Å²) in [5, 5.41) is 5.18. The summed E-state index contributed by atoms with van der Waals surface area (Å²) in [5.74, 6) is 1.71. The van der Waals surface area contributed by atoms with Crippen molar-refractivity contribution in [2.75, 3.05) is 19.3 Å². The van der Waals surface area contributed by atoms with Crippen LogP contribution in [0.1, 0.15) is 74.6 Å². The van der Waals surface area contributed by atoms with E-state index in [9.17, 15) is 0 Å². The highest BCUT2D eigenvalue weighted by Gasteiger charge is 2.41. The van der Waals surface area contributed by atoms with Crippen LogP contribution in [0, 0.1) is 0 Å². The molecule has 2 fully saturated rings. The van der Waals surface area contributed by atoms with Crippen LogP contribution in [-0.2, 0) is 6.54 Å². The molecule has 5 heteroatoms. The summed E-state index contributed by atoms with van der Waals surface area (Å²) in [6, 6.07) is 17.6. The van der Waals surface area contributed by atoms with Crippen molar-refractivity contribution in [3.8, 4) is 5.75 Å². The first kappa shape index (κ1) is 23.9. The number of nitrogens with zero attached hydrogens (tertiary/aromatic N) is 2. The van der Waals surface area contributed by atoms with Gasteiger partial charge in [-0.1, -0.05) is 50.1 Å². The van der Waals surface area contributed by atoms with E-state index in [0.29, 0.717) is 5.92 Å². The highest BCUT2D eigenvalue weighted by Crippen LogP contribution is 2.42. The minimum atomic E-state index is -0.315. The van der Waals surface area contributed by atoms with Crippen molar-refractivity contribution in [3.05, 3.63) is 71.4 Å². The van der Waals surface area contributed by atoms with Gasteiger partial charge < -0.3 is 10.1 Å². The molecule has 1 N–H and O–H groups in total. The van der Waals surface area contributed by atoms with Gasteiger partial charge in [0.15, 0.2) is 5.72 Å². The van der Waals surface area contributed by atoms with Crippen LogP contribution in [0.5, 0.6) is 5.75 Å². The SMILES string of the molecule is CCC/C=C1/NC2(CCN(Cc3cc(C4CCC4)c4cccc(SC)c4n3)CC2)Oc2ccccc21. The van der Waals surface area contributed by atoms with Gasteiger partial charge in [-0.15, -0.1) is 11.8 Å². The average Bonchev–Trinajstić information content (AvgIpc) is 2.87. The number of para-hydroxylation sites is 2. The Hall–Kier alpha value is -2.50. The Morgan fingerprint density at radius 3 is 2.72 bits per heavy atom. The Bertz CT molecular complexity index is 1270. The van der Waals surface area contributed by atoms with Crippen LogP contribution >= 0.6 is 11.8 Å². The number of hydrogen-bond donors (Lipinski definition) is 1. The van der Waals surface area contributed by atoms with E-state index in [1.165, 1.54) is 57.6 Å². The molecule has 2 aliphatic heterocycles. The van der Waals surface area contributed by atoms with Crippen molar-refractivity contribution in [1.29, 1.82) is 0 Å². The molecule has 1 saturated carbocycles. The molecule has 1 aromatic heterocycles. The molecule has 1 saturated heterocycles. The predicted molar refractivity (Wildman–Crippen MR) is 150 cm³/mol. The molecule has 6 rings (SSSR count). The number of hydrogen-bond acceptors (Lipinski definition) is 5. The monoisotopic (exact) mass is 499 g/mol. The summed E-state index contributed by atoms with van der Waals surface area (Å²) in [6.07, 6.45) is 12.6. The number of unbranched alkanes of at least 4 members (excludes halogenated alkanes) is 1. The third-order valence-corrected chi connectivity index (χ3v) is 8.95. The zero-order valence-corrected chi connectivity index (χ0v) is 22.4. The minimum Gasteiger partial charge on any atom is -0.467 e. The number of benzene rings is 2. The standard InChI is InChI=1S/C31H37N3OS/c1-3-4-13-27-25-11-5-6-14-28(25)35-31(33-27)16-18-34(19-17-31)21-23-20-26(22-9-7-10-22)24-12-8-15-29(36-2)30(24)32-23/h5-6,8,11-15,20,22,33H,3-4,7,9-10,16-19,21H2,1-2H3/b27-13+. The lowest BCUT2D eigenvalue weighted by Crippen LogP contribution is -2.58. The maximum absolute atomic E-state index is 6.63. The van der Waals surface area contributed by atoms with Crippen molar-refractivity contribution in [2.45, 2.75) is 75.0 Å². The van der Waals surface area contributed by atoms with Gasteiger partial charge in [-0.05, 0) is 61.3 Å². The molecule has 188 valence electrons. The highest BCUT2D eigenvalue weighted by molar-refractivity contribution is 7.98. The quantitative estimate of drug-likeness (QED) is 0.359. The van der Waals surface area contributed by atoms with Gasteiger partial charge in [-0.2, -0.15) is 0 Å². The van der Waals surface area contributed by atoms with Gasteiger partial charge in [0.1, 0.15) is 5.75 Å². The lowest BCUT2D eigenvalue weighted by Gasteiger charge is -2.46. The number of fused-ring (bicyclic) bond motifs is 2. The van der Waals surface area contributed by atoms with Crippen molar-refractivity contribution >= 4 is 28.4 Å². The molecule has 1 aliphatic carbocycles. The predicted octanol–water partition coefficient (Wildman–Crippen LogP) is 7.34. The van der Waals surface area contributed by atoms with Crippen molar-refractivity contribution in [2.24, 2.45) is 0 Å². The second-order valence-electron chi connectivity index (χ2n) is 10.6. The number of rotatable bonds is 6.